The van der Waals surface area contributed by atoms with Gasteiger partial charge in [-0.15, -0.1) is 0 Å². The molecular weight excluding hydrogens is 256 g/mol. The third-order valence-corrected chi connectivity index (χ3v) is 2.90. The average Bonchev–Trinajstić information content (AvgIpc) is 2.48. The largest absolute Gasteiger partial charge is 0.493 e. The molecule has 0 saturated carbocycles. The Morgan fingerprint density at radius 2 is 1.85 bits per heavy atom. The zero-order chi connectivity index (χ0) is 14.4. The van der Waals surface area contributed by atoms with Crippen molar-refractivity contribution in [1.82, 2.24) is 0 Å². The van der Waals surface area contributed by atoms with Gasteiger partial charge >= 0.3 is 5.97 Å². The van der Waals surface area contributed by atoms with Gasteiger partial charge in [0, 0.05) is 6.42 Å². The molecule has 0 saturated heterocycles. The molecule has 4 heteroatoms. The fraction of sp³-hybridized carbons (Fsp3) is 0.188. The molecule has 0 bridgehead atoms. The molecule has 1 unspecified atom stereocenters. The molecule has 20 heavy (non-hydrogen) atoms. The molecule has 2 aromatic rings. The van der Waals surface area contributed by atoms with E-state index in [0.29, 0.717) is 18.6 Å². The van der Waals surface area contributed by atoms with Gasteiger partial charge < -0.3 is 14.9 Å². The molecule has 0 aromatic heterocycles. The number of aliphatic hydroxyl groups is 1. The van der Waals surface area contributed by atoms with Crippen molar-refractivity contribution in [3.63, 3.8) is 0 Å². The van der Waals surface area contributed by atoms with Crippen molar-refractivity contribution >= 4 is 5.97 Å². The van der Waals surface area contributed by atoms with E-state index in [9.17, 15) is 9.90 Å². The van der Waals surface area contributed by atoms with Crippen molar-refractivity contribution in [2.45, 2.75) is 12.5 Å². The van der Waals surface area contributed by atoms with Crippen molar-refractivity contribution in [1.29, 1.82) is 0 Å². The molecule has 0 aliphatic rings. The quantitative estimate of drug-likeness (QED) is 0.847. The van der Waals surface area contributed by atoms with E-state index >= 15 is 0 Å². The molecule has 4 nitrogen and oxygen atoms in total. The Labute approximate surface area is 117 Å². The maximum Gasteiger partial charge on any atom is 0.337 e. The van der Waals surface area contributed by atoms with Crippen molar-refractivity contribution in [2.24, 2.45) is 0 Å². The maximum absolute atomic E-state index is 10.7. The molecule has 2 rings (SSSR count). The van der Waals surface area contributed by atoms with Crippen LogP contribution in [-0.4, -0.2) is 22.8 Å². The zero-order valence-electron chi connectivity index (χ0n) is 10.9. The second-order valence-corrected chi connectivity index (χ2v) is 4.40. The molecular formula is C16H16O4. The fourth-order valence-electron chi connectivity index (χ4n) is 1.86. The van der Waals surface area contributed by atoms with Gasteiger partial charge in [0.05, 0.1) is 6.61 Å². The minimum Gasteiger partial charge on any atom is -0.493 e. The number of hydrogen-bond donors (Lipinski definition) is 2. The Balaban J connectivity index is 1.93. The van der Waals surface area contributed by atoms with Crippen LogP contribution < -0.4 is 4.74 Å². The van der Waals surface area contributed by atoms with Crippen LogP contribution in [0.1, 0.15) is 17.2 Å². The average molecular weight is 272 g/mol. The van der Waals surface area contributed by atoms with E-state index in [1.54, 1.807) is 18.2 Å². The number of hydrogen-bond acceptors (Lipinski definition) is 3. The second-order valence-electron chi connectivity index (χ2n) is 4.40. The van der Waals surface area contributed by atoms with Gasteiger partial charge in [-0.1, -0.05) is 42.5 Å². The summed E-state index contributed by atoms with van der Waals surface area (Å²) in [5, 5.41) is 18.3. The van der Waals surface area contributed by atoms with Crippen LogP contribution >= 0.6 is 0 Å². The first-order chi connectivity index (χ1) is 9.66. The van der Waals surface area contributed by atoms with Gasteiger partial charge in [0.25, 0.3) is 0 Å². The van der Waals surface area contributed by atoms with E-state index in [0.717, 1.165) is 11.3 Å². The summed E-state index contributed by atoms with van der Waals surface area (Å²) in [5.41, 5.74) is 1.31. The summed E-state index contributed by atoms with van der Waals surface area (Å²) in [6.45, 7) is 0.497. The molecule has 0 radical (unpaired) electrons. The number of benzene rings is 2. The van der Waals surface area contributed by atoms with Crippen LogP contribution in [0.3, 0.4) is 0 Å². The minimum absolute atomic E-state index is 0.384. The van der Waals surface area contributed by atoms with Gasteiger partial charge in [-0.2, -0.15) is 0 Å². The molecule has 1 atom stereocenters. The zero-order valence-corrected chi connectivity index (χ0v) is 10.9. The predicted octanol–water partition coefficient (Wildman–Crippen LogP) is 2.43. The Bertz CT molecular complexity index is 566. The Morgan fingerprint density at radius 3 is 2.55 bits per heavy atom. The molecule has 0 heterocycles. The molecule has 0 aliphatic carbocycles. The van der Waals surface area contributed by atoms with Crippen LogP contribution in [0.2, 0.25) is 0 Å². The summed E-state index contributed by atoms with van der Waals surface area (Å²) < 4.78 is 5.58. The summed E-state index contributed by atoms with van der Waals surface area (Å²) in [6.07, 6.45) is -0.834. The third-order valence-electron chi connectivity index (χ3n) is 2.90. The number of carboxylic acid groups (broad SMARTS) is 1. The molecule has 0 aliphatic heterocycles. The first-order valence-corrected chi connectivity index (χ1v) is 6.34. The smallest absolute Gasteiger partial charge is 0.337 e. The Kier molecular flexibility index (Phi) is 4.74. The lowest BCUT2D eigenvalue weighted by Crippen LogP contribution is -2.11. The lowest BCUT2D eigenvalue weighted by molar-refractivity contribution is -0.146. The van der Waals surface area contributed by atoms with Crippen LogP contribution in [0, 0.1) is 0 Å². The van der Waals surface area contributed by atoms with Crippen LogP contribution in [0.5, 0.6) is 5.75 Å². The first-order valence-electron chi connectivity index (χ1n) is 6.34. The summed E-state index contributed by atoms with van der Waals surface area (Å²) in [4.78, 5) is 10.7. The van der Waals surface area contributed by atoms with Gasteiger partial charge in [0.2, 0.25) is 0 Å². The highest BCUT2D eigenvalue weighted by Crippen LogP contribution is 2.16. The van der Waals surface area contributed by atoms with Crippen molar-refractivity contribution in [3.05, 3.63) is 65.7 Å². The topological polar surface area (TPSA) is 66.8 Å². The van der Waals surface area contributed by atoms with Crippen LogP contribution in [-0.2, 0) is 11.2 Å². The molecule has 2 aromatic carbocycles. The van der Waals surface area contributed by atoms with E-state index in [2.05, 4.69) is 0 Å². The lowest BCUT2D eigenvalue weighted by Gasteiger charge is -2.09. The van der Waals surface area contributed by atoms with Gasteiger partial charge in [-0.3, -0.25) is 0 Å². The number of carbonyl (C=O) groups is 1. The predicted molar refractivity (Wildman–Crippen MR) is 74.7 cm³/mol. The SMILES string of the molecule is O=C(O)C(O)c1cccc(CCOc2ccccc2)c1. The van der Waals surface area contributed by atoms with Crippen LogP contribution in [0.25, 0.3) is 0 Å². The van der Waals surface area contributed by atoms with E-state index in [-0.39, 0.29) is 0 Å². The van der Waals surface area contributed by atoms with E-state index in [1.165, 1.54) is 0 Å². The van der Waals surface area contributed by atoms with Crippen LogP contribution in [0.4, 0.5) is 0 Å². The number of rotatable bonds is 6. The summed E-state index contributed by atoms with van der Waals surface area (Å²) in [6, 6.07) is 16.4. The summed E-state index contributed by atoms with van der Waals surface area (Å²) >= 11 is 0. The highest BCUT2D eigenvalue weighted by molar-refractivity contribution is 5.74. The third kappa shape index (κ3) is 3.83. The van der Waals surface area contributed by atoms with Gasteiger partial charge in [-0.25, -0.2) is 4.79 Å². The second kappa shape index (κ2) is 6.73. The van der Waals surface area contributed by atoms with E-state index < -0.39 is 12.1 Å². The highest BCUT2D eigenvalue weighted by Gasteiger charge is 2.15. The van der Waals surface area contributed by atoms with E-state index in [4.69, 9.17) is 9.84 Å². The Hall–Kier alpha value is -2.33. The number of para-hydroxylation sites is 1. The molecule has 0 spiro atoms. The van der Waals surface area contributed by atoms with Crippen molar-refractivity contribution < 1.29 is 19.7 Å². The molecule has 104 valence electrons. The fourth-order valence-corrected chi connectivity index (χ4v) is 1.86. The normalized spacial score (nSPS) is 11.8. The molecule has 0 amide bonds. The standard InChI is InChI=1S/C16H16O4/c17-15(16(18)19)13-6-4-5-12(11-13)9-10-20-14-7-2-1-3-8-14/h1-8,11,15,17H,9-10H2,(H,18,19). The Morgan fingerprint density at radius 1 is 1.10 bits per heavy atom. The van der Waals surface area contributed by atoms with Crippen LogP contribution in [0.15, 0.2) is 54.6 Å². The number of aliphatic hydroxyl groups excluding tert-OH is 1. The number of aliphatic carboxylic acids is 1. The number of ether oxygens (including phenoxy) is 1. The van der Waals surface area contributed by atoms with Gasteiger partial charge in [0.15, 0.2) is 6.10 Å². The summed E-state index contributed by atoms with van der Waals surface area (Å²) in [7, 11) is 0. The van der Waals surface area contributed by atoms with E-state index in [1.807, 2.05) is 36.4 Å². The van der Waals surface area contributed by atoms with Crippen molar-refractivity contribution in [3.8, 4) is 5.75 Å². The lowest BCUT2D eigenvalue weighted by atomic mass is 10.0. The summed E-state index contributed by atoms with van der Waals surface area (Å²) in [5.74, 6) is -0.447. The first kappa shape index (κ1) is 14.1. The number of carboxylic acids is 1. The molecule has 2 N–H and O–H groups in total. The molecule has 0 fully saturated rings. The monoisotopic (exact) mass is 272 g/mol. The van der Waals surface area contributed by atoms with Gasteiger partial charge in [-0.05, 0) is 23.3 Å². The highest BCUT2D eigenvalue weighted by atomic mass is 16.5. The van der Waals surface area contributed by atoms with Gasteiger partial charge in [0.1, 0.15) is 5.75 Å². The maximum atomic E-state index is 10.7. The van der Waals surface area contributed by atoms with Crippen molar-refractivity contribution in [2.75, 3.05) is 6.61 Å². The minimum atomic E-state index is -1.48.